The van der Waals surface area contributed by atoms with Gasteiger partial charge in [0.25, 0.3) is 0 Å². The molecule has 264 valence electrons. The highest BCUT2D eigenvalue weighted by Gasteiger charge is 2.34. The summed E-state index contributed by atoms with van der Waals surface area (Å²) in [5.41, 5.74) is -1.22. The van der Waals surface area contributed by atoms with Crippen LogP contribution in [0.25, 0.3) is 0 Å². The largest absolute Gasteiger partial charge is 0.481 e. The summed E-state index contributed by atoms with van der Waals surface area (Å²) in [4.78, 5) is 47.4. The van der Waals surface area contributed by atoms with Gasteiger partial charge in [-0.2, -0.15) is 0 Å². The van der Waals surface area contributed by atoms with Crippen molar-refractivity contribution in [1.82, 2.24) is 10.6 Å². The summed E-state index contributed by atoms with van der Waals surface area (Å²) in [6, 6.07) is -0.510. The average molecular weight is 641 g/mol. The molecule has 0 radical (unpaired) electrons. The highest BCUT2D eigenvalue weighted by Crippen LogP contribution is 2.26. The molecule has 9 nitrogen and oxygen atoms in total. The summed E-state index contributed by atoms with van der Waals surface area (Å²) in [6.07, 6.45) is 25.5. The van der Waals surface area contributed by atoms with Crippen LogP contribution in [0.1, 0.15) is 194 Å². The maximum absolute atomic E-state index is 13.3. The average Bonchev–Trinajstić information content (AvgIpc) is 2.99. The van der Waals surface area contributed by atoms with E-state index >= 15 is 0 Å². The van der Waals surface area contributed by atoms with E-state index in [1.807, 2.05) is 0 Å². The number of urea groups is 1. The van der Waals surface area contributed by atoms with E-state index in [-0.39, 0.29) is 44.6 Å². The molecular weight excluding hydrogens is 572 g/mol. The molecule has 0 aromatic heterocycles. The van der Waals surface area contributed by atoms with E-state index in [1.54, 1.807) is 0 Å². The van der Waals surface area contributed by atoms with Crippen molar-refractivity contribution in [1.29, 1.82) is 0 Å². The van der Waals surface area contributed by atoms with Gasteiger partial charge in [0, 0.05) is 30.8 Å². The smallest absolute Gasteiger partial charge is 0.315 e. The minimum Gasteiger partial charge on any atom is -0.481 e. The van der Waals surface area contributed by atoms with Crippen LogP contribution in [0.3, 0.4) is 0 Å². The highest BCUT2D eigenvalue weighted by atomic mass is 16.4. The molecule has 0 aliphatic carbocycles. The van der Waals surface area contributed by atoms with Crippen LogP contribution in [0, 0.1) is 0 Å². The lowest BCUT2D eigenvalue weighted by Crippen LogP contribution is -2.54. The van der Waals surface area contributed by atoms with E-state index in [9.17, 15) is 34.5 Å². The van der Waals surface area contributed by atoms with E-state index in [1.165, 1.54) is 103 Å². The number of hydrogen-bond donors (Lipinski definition) is 5. The lowest BCUT2D eigenvalue weighted by molar-refractivity contribution is -0.137. The van der Waals surface area contributed by atoms with Crippen molar-refractivity contribution in [3.63, 3.8) is 0 Å². The summed E-state index contributed by atoms with van der Waals surface area (Å²) >= 11 is 0. The van der Waals surface area contributed by atoms with Crippen molar-refractivity contribution < 1.29 is 34.5 Å². The Kier molecular flexibility index (Phi) is 27.6. The molecule has 0 fully saturated rings. The van der Waals surface area contributed by atoms with Crippen LogP contribution in [0.5, 0.6) is 0 Å². The number of amides is 2. The van der Waals surface area contributed by atoms with Gasteiger partial charge < -0.3 is 26.0 Å². The molecule has 0 rings (SSSR count). The van der Waals surface area contributed by atoms with Crippen LogP contribution in [0.15, 0.2) is 0 Å². The third-order valence-electron chi connectivity index (χ3n) is 8.98. The second kappa shape index (κ2) is 29.1. The third kappa shape index (κ3) is 27.7. The zero-order valence-corrected chi connectivity index (χ0v) is 28.9. The quantitative estimate of drug-likeness (QED) is 0.0448. The first-order chi connectivity index (χ1) is 21.6. The summed E-state index contributed by atoms with van der Waals surface area (Å²) in [7, 11) is 0. The van der Waals surface area contributed by atoms with Crippen molar-refractivity contribution in [3.05, 3.63) is 0 Å². The molecule has 0 atom stereocenters. The van der Waals surface area contributed by atoms with E-state index in [4.69, 9.17) is 0 Å². The molecule has 0 saturated heterocycles. The minimum absolute atomic E-state index is 0.0299. The molecule has 45 heavy (non-hydrogen) atoms. The first kappa shape index (κ1) is 42.7. The topological polar surface area (TPSA) is 153 Å². The predicted octanol–water partition coefficient (Wildman–Crippen LogP) is 9.61. The lowest BCUT2D eigenvalue weighted by Gasteiger charge is -2.35. The molecule has 0 unspecified atom stereocenters. The zero-order valence-electron chi connectivity index (χ0n) is 28.9. The van der Waals surface area contributed by atoms with Gasteiger partial charge in [-0.1, -0.05) is 142 Å². The van der Waals surface area contributed by atoms with Crippen molar-refractivity contribution >= 4 is 23.9 Å². The molecule has 9 heteroatoms. The molecule has 5 N–H and O–H groups in total. The molecule has 0 aliphatic heterocycles. The van der Waals surface area contributed by atoms with Gasteiger partial charge in [-0.25, -0.2) is 4.79 Å². The van der Waals surface area contributed by atoms with E-state index < -0.39 is 29.5 Å². The third-order valence-corrected chi connectivity index (χ3v) is 8.98. The van der Waals surface area contributed by atoms with Crippen LogP contribution in [-0.4, -0.2) is 50.8 Å². The Morgan fingerprint density at radius 1 is 0.489 bits per heavy atom. The number of hydrogen-bond acceptors (Lipinski definition) is 4. The summed E-state index contributed by atoms with van der Waals surface area (Å²) in [5.74, 6) is -3.23. The number of nitrogens with one attached hydrogen (secondary N) is 2. The molecule has 0 heterocycles. The molecule has 0 aliphatic rings. The van der Waals surface area contributed by atoms with E-state index in [0.717, 1.165) is 38.5 Å². The van der Waals surface area contributed by atoms with Crippen LogP contribution in [-0.2, 0) is 14.4 Å². The summed E-state index contributed by atoms with van der Waals surface area (Å²) in [5, 5.41) is 33.9. The molecule has 0 saturated carbocycles. The Morgan fingerprint density at radius 3 is 1.07 bits per heavy atom. The summed E-state index contributed by atoms with van der Waals surface area (Å²) in [6.45, 7) is 4.47. The standard InChI is InChI=1S/C36H68N2O7/c1-3-5-7-9-11-13-15-17-19-21-23-31(24-22-20-18-16-14-12-10-8-6-4-2)37-35(45)38-36(28-25-32(39)40,29-26-33(41)42)30-27-34(43)44/h31H,3-30H2,1-2H3,(H,39,40)(H,41,42)(H,43,44)(H2,37,38,45). The first-order valence-electron chi connectivity index (χ1n) is 18.4. The fraction of sp³-hybridized carbons (Fsp3) is 0.889. The number of unbranched alkanes of at least 4 members (excludes halogenated alkanes) is 18. The van der Waals surface area contributed by atoms with Gasteiger partial charge in [-0.05, 0) is 32.1 Å². The highest BCUT2D eigenvalue weighted by molar-refractivity contribution is 5.76. The lowest BCUT2D eigenvalue weighted by atomic mass is 9.83. The van der Waals surface area contributed by atoms with Gasteiger partial charge in [-0.3, -0.25) is 14.4 Å². The van der Waals surface area contributed by atoms with Gasteiger partial charge in [0.2, 0.25) is 0 Å². The van der Waals surface area contributed by atoms with Gasteiger partial charge >= 0.3 is 23.9 Å². The van der Waals surface area contributed by atoms with E-state index in [0.29, 0.717) is 0 Å². The maximum atomic E-state index is 13.3. The van der Waals surface area contributed by atoms with Crippen LogP contribution >= 0.6 is 0 Å². The van der Waals surface area contributed by atoms with Gasteiger partial charge in [0.1, 0.15) is 0 Å². The van der Waals surface area contributed by atoms with Crippen molar-refractivity contribution in [2.75, 3.05) is 0 Å². The number of carboxylic acids is 3. The second-order valence-corrected chi connectivity index (χ2v) is 13.2. The molecular formula is C36H68N2O7. The van der Waals surface area contributed by atoms with Crippen molar-refractivity contribution in [3.8, 4) is 0 Å². The number of carboxylic acid groups (broad SMARTS) is 3. The molecule has 0 spiro atoms. The van der Waals surface area contributed by atoms with E-state index in [2.05, 4.69) is 24.5 Å². The second-order valence-electron chi connectivity index (χ2n) is 13.2. The molecule has 0 bridgehead atoms. The van der Waals surface area contributed by atoms with Crippen LogP contribution in [0.4, 0.5) is 4.79 Å². The number of aliphatic carboxylic acids is 3. The summed E-state index contributed by atoms with van der Waals surface area (Å²) < 4.78 is 0. The Hall–Kier alpha value is -2.32. The predicted molar refractivity (Wildman–Crippen MR) is 182 cm³/mol. The fourth-order valence-corrected chi connectivity index (χ4v) is 6.11. The SMILES string of the molecule is CCCCCCCCCCCCC(CCCCCCCCCCCC)NC(=O)NC(CCC(=O)O)(CCC(=O)O)CCC(=O)O. The zero-order chi connectivity index (χ0) is 33.6. The Morgan fingerprint density at radius 2 is 0.778 bits per heavy atom. The first-order valence-corrected chi connectivity index (χ1v) is 18.4. The Labute approximate surface area is 274 Å². The van der Waals surface area contributed by atoms with Crippen LogP contribution < -0.4 is 10.6 Å². The van der Waals surface area contributed by atoms with Crippen molar-refractivity contribution in [2.24, 2.45) is 0 Å². The molecule has 0 aromatic rings. The molecule has 2 amide bonds. The number of carbonyl (C=O) groups excluding carboxylic acids is 1. The Balaban J connectivity index is 5.08. The van der Waals surface area contributed by atoms with Gasteiger partial charge in [0.15, 0.2) is 0 Å². The maximum Gasteiger partial charge on any atom is 0.315 e. The minimum atomic E-state index is -1.22. The number of carbonyl (C=O) groups is 4. The van der Waals surface area contributed by atoms with Crippen LogP contribution in [0.2, 0.25) is 0 Å². The number of rotatable bonds is 33. The Bertz CT molecular complexity index is 705. The fourth-order valence-electron chi connectivity index (χ4n) is 6.11. The normalized spacial score (nSPS) is 11.5. The molecule has 0 aromatic carbocycles. The van der Waals surface area contributed by atoms with Gasteiger partial charge in [-0.15, -0.1) is 0 Å². The van der Waals surface area contributed by atoms with Gasteiger partial charge in [0.05, 0.1) is 0 Å². The van der Waals surface area contributed by atoms with Crippen molar-refractivity contribution in [2.45, 2.75) is 205 Å². The monoisotopic (exact) mass is 641 g/mol.